The second-order valence-corrected chi connectivity index (χ2v) is 5.27. The molecule has 2 nitrogen and oxygen atoms in total. The van der Waals surface area contributed by atoms with Gasteiger partial charge in [0.25, 0.3) is 0 Å². The van der Waals surface area contributed by atoms with Crippen molar-refractivity contribution in [2.24, 2.45) is 5.92 Å². The molecule has 1 aliphatic carbocycles. The summed E-state index contributed by atoms with van der Waals surface area (Å²) in [5.41, 5.74) is 0.917. The molecule has 18 heavy (non-hydrogen) atoms. The lowest BCUT2D eigenvalue weighted by Gasteiger charge is -2.15. The smallest absolute Gasteiger partial charge is 0.124 e. The summed E-state index contributed by atoms with van der Waals surface area (Å²) < 4.78 is 18.5. The van der Waals surface area contributed by atoms with Crippen LogP contribution in [0.2, 0.25) is 5.02 Å². The molecule has 0 aliphatic heterocycles. The van der Waals surface area contributed by atoms with Gasteiger partial charge in [0.15, 0.2) is 0 Å². The molecule has 0 saturated heterocycles. The zero-order chi connectivity index (χ0) is 13.0. The Balaban J connectivity index is 1.70. The molecule has 1 unspecified atom stereocenters. The second kappa shape index (κ2) is 6.50. The van der Waals surface area contributed by atoms with E-state index >= 15 is 0 Å². The molecule has 0 radical (unpaired) electrons. The SMILES string of the molecule is CC(NCCOCC1CC1)c1ccc(F)cc1Cl. The highest BCUT2D eigenvalue weighted by Crippen LogP contribution is 2.28. The minimum Gasteiger partial charge on any atom is -0.380 e. The lowest BCUT2D eigenvalue weighted by Crippen LogP contribution is -2.23. The van der Waals surface area contributed by atoms with Crippen LogP contribution in [0, 0.1) is 11.7 Å². The average molecular weight is 272 g/mol. The van der Waals surface area contributed by atoms with Crippen molar-refractivity contribution in [3.8, 4) is 0 Å². The van der Waals surface area contributed by atoms with Gasteiger partial charge >= 0.3 is 0 Å². The van der Waals surface area contributed by atoms with E-state index in [1.54, 1.807) is 6.07 Å². The van der Waals surface area contributed by atoms with Gasteiger partial charge in [0.2, 0.25) is 0 Å². The second-order valence-electron chi connectivity index (χ2n) is 4.86. The summed E-state index contributed by atoms with van der Waals surface area (Å²) in [5.74, 6) is 0.498. The molecule has 1 atom stereocenters. The van der Waals surface area contributed by atoms with E-state index in [9.17, 15) is 4.39 Å². The standard InChI is InChI=1S/C14H19ClFNO/c1-10(13-5-4-12(16)8-14(13)15)17-6-7-18-9-11-2-3-11/h4-5,8,10-11,17H,2-3,6-7,9H2,1H3. The van der Waals surface area contributed by atoms with Crippen LogP contribution in [0.4, 0.5) is 4.39 Å². The summed E-state index contributed by atoms with van der Waals surface area (Å²) in [7, 11) is 0. The van der Waals surface area contributed by atoms with Gasteiger partial charge in [-0.15, -0.1) is 0 Å². The molecule has 0 bridgehead atoms. The Morgan fingerprint density at radius 3 is 2.94 bits per heavy atom. The number of ether oxygens (including phenoxy) is 1. The first-order valence-corrected chi connectivity index (χ1v) is 6.80. The third-order valence-corrected chi connectivity index (χ3v) is 3.50. The fourth-order valence-corrected chi connectivity index (χ4v) is 2.18. The molecule has 0 heterocycles. The molecule has 2 rings (SSSR count). The van der Waals surface area contributed by atoms with E-state index in [1.807, 2.05) is 6.92 Å². The highest BCUT2D eigenvalue weighted by Gasteiger charge is 2.20. The number of hydrogen-bond acceptors (Lipinski definition) is 2. The molecule has 100 valence electrons. The van der Waals surface area contributed by atoms with E-state index in [2.05, 4.69) is 5.32 Å². The molecule has 4 heteroatoms. The van der Waals surface area contributed by atoms with Crippen LogP contribution in [0.5, 0.6) is 0 Å². The molecule has 0 spiro atoms. The fourth-order valence-electron chi connectivity index (χ4n) is 1.84. The van der Waals surface area contributed by atoms with Gasteiger partial charge in [-0.3, -0.25) is 0 Å². The highest BCUT2D eigenvalue weighted by atomic mass is 35.5. The van der Waals surface area contributed by atoms with Crippen molar-refractivity contribution in [1.29, 1.82) is 0 Å². The number of benzene rings is 1. The van der Waals surface area contributed by atoms with E-state index in [1.165, 1.54) is 25.0 Å². The van der Waals surface area contributed by atoms with Crippen LogP contribution in [0.3, 0.4) is 0 Å². The van der Waals surface area contributed by atoms with Gasteiger partial charge in [0.1, 0.15) is 5.82 Å². The molecular weight excluding hydrogens is 253 g/mol. The van der Waals surface area contributed by atoms with Gasteiger partial charge in [0.05, 0.1) is 6.61 Å². The molecule has 1 aromatic carbocycles. The molecule has 1 aromatic rings. The van der Waals surface area contributed by atoms with Crippen LogP contribution in [0.15, 0.2) is 18.2 Å². The predicted octanol–water partition coefficient (Wildman–Crippen LogP) is 3.56. The van der Waals surface area contributed by atoms with Crippen LogP contribution >= 0.6 is 11.6 Å². The molecule has 1 fully saturated rings. The molecule has 0 amide bonds. The van der Waals surface area contributed by atoms with E-state index in [4.69, 9.17) is 16.3 Å². The van der Waals surface area contributed by atoms with Crippen LogP contribution < -0.4 is 5.32 Å². The predicted molar refractivity (Wildman–Crippen MR) is 71.4 cm³/mol. The minimum absolute atomic E-state index is 0.0997. The maximum atomic E-state index is 12.9. The van der Waals surface area contributed by atoms with Crippen LogP contribution in [0.1, 0.15) is 31.4 Å². The van der Waals surface area contributed by atoms with Crippen molar-refractivity contribution in [2.75, 3.05) is 19.8 Å². The van der Waals surface area contributed by atoms with Crippen molar-refractivity contribution < 1.29 is 9.13 Å². The maximum Gasteiger partial charge on any atom is 0.124 e. The van der Waals surface area contributed by atoms with Crippen LogP contribution in [-0.2, 0) is 4.74 Å². The quantitative estimate of drug-likeness (QED) is 0.766. The van der Waals surface area contributed by atoms with Gasteiger partial charge in [-0.1, -0.05) is 17.7 Å². The molecule has 1 saturated carbocycles. The topological polar surface area (TPSA) is 21.3 Å². The van der Waals surface area contributed by atoms with Crippen molar-refractivity contribution in [1.82, 2.24) is 5.32 Å². The Morgan fingerprint density at radius 1 is 1.50 bits per heavy atom. The summed E-state index contributed by atoms with van der Waals surface area (Å²) in [4.78, 5) is 0. The van der Waals surface area contributed by atoms with E-state index < -0.39 is 0 Å². The van der Waals surface area contributed by atoms with Crippen molar-refractivity contribution >= 4 is 11.6 Å². The summed E-state index contributed by atoms with van der Waals surface area (Å²) in [5, 5.41) is 3.79. The van der Waals surface area contributed by atoms with Crippen molar-refractivity contribution in [3.05, 3.63) is 34.6 Å². The Labute approximate surface area is 112 Å². The number of nitrogens with one attached hydrogen (secondary N) is 1. The third kappa shape index (κ3) is 4.23. The lowest BCUT2D eigenvalue weighted by molar-refractivity contribution is 0.124. The van der Waals surface area contributed by atoms with Crippen molar-refractivity contribution in [2.45, 2.75) is 25.8 Å². The Kier molecular flexibility index (Phi) is 4.98. The summed E-state index contributed by atoms with van der Waals surface area (Å²) in [6.45, 7) is 4.38. The van der Waals surface area contributed by atoms with Crippen molar-refractivity contribution in [3.63, 3.8) is 0 Å². The Hall–Kier alpha value is -0.640. The molecule has 1 N–H and O–H groups in total. The van der Waals surface area contributed by atoms with E-state index in [0.29, 0.717) is 11.6 Å². The normalized spacial score (nSPS) is 16.8. The zero-order valence-corrected chi connectivity index (χ0v) is 11.3. The maximum absolute atomic E-state index is 12.9. The first-order valence-electron chi connectivity index (χ1n) is 6.43. The fraction of sp³-hybridized carbons (Fsp3) is 0.571. The summed E-state index contributed by atoms with van der Waals surface area (Å²) in [6, 6.07) is 4.60. The molecule has 0 aromatic heterocycles. The average Bonchev–Trinajstić information content (AvgIpc) is 3.12. The van der Waals surface area contributed by atoms with Gasteiger partial charge in [-0.25, -0.2) is 4.39 Å². The Bertz CT molecular complexity index is 395. The number of halogens is 2. The monoisotopic (exact) mass is 271 g/mol. The van der Waals surface area contributed by atoms with Gasteiger partial charge in [-0.05, 0) is 43.4 Å². The largest absolute Gasteiger partial charge is 0.380 e. The van der Waals surface area contributed by atoms with E-state index in [0.717, 1.165) is 24.6 Å². The Morgan fingerprint density at radius 2 is 2.28 bits per heavy atom. The number of rotatable bonds is 7. The van der Waals surface area contributed by atoms with Crippen LogP contribution in [0.25, 0.3) is 0 Å². The highest BCUT2D eigenvalue weighted by molar-refractivity contribution is 6.31. The number of hydrogen-bond donors (Lipinski definition) is 1. The first-order chi connectivity index (χ1) is 8.66. The van der Waals surface area contributed by atoms with Gasteiger partial charge in [-0.2, -0.15) is 0 Å². The summed E-state index contributed by atoms with van der Waals surface area (Å²) >= 11 is 6.00. The molecular formula is C14H19ClFNO. The van der Waals surface area contributed by atoms with E-state index in [-0.39, 0.29) is 11.9 Å². The molecule has 1 aliphatic rings. The summed E-state index contributed by atoms with van der Waals surface area (Å²) in [6.07, 6.45) is 2.63. The zero-order valence-electron chi connectivity index (χ0n) is 10.6. The van der Waals surface area contributed by atoms with Gasteiger partial charge in [0, 0.05) is 24.2 Å². The first kappa shape index (κ1) is 13.8. The third-order valence-electron chi connectivity index (χ3n) is 3.18. The lowest BCUT2D eigenvalue weighted by atomic mass is 10.1. The van der Waals surface area contributed by atoms with Crippen LogP contribution in [-0.4, -0.2) is 19.8 Å². The minimum atomic E-state index is -0.302. The van der Waals surface area contributed by atoms with Gasteiger partial charge < -0.3 is 10.1 Å².